The number of esters is 1. The smallest absolute Gasteiger partial charge is 0.472 e. The van der Waals surface area contributed by atoms with Gasteiger partial charge in [-0.3, -0.25) is 18.6 Å². The molecule has 380 valence electrons. The third kappa shape index (κ3) is 47.0. The lowest BCUT2D eigenvalue weighted by Crippen LogP contribution is -2.43. The number of hydrogen-bond acceptors (Lipinski definition) is 8. The highest BCUT2D eigenvalue weighted by Crippen LogP contribution is 2.43. The molecule has 0 radical (unpaired) electrons. The van der Waals surface area contributed by atoms with Gasteiger partial charge in [0.15, 0.2) is 6.04 Å². The third-order valence-electron chi connectivity index (χ3n) is 12.4. The van der Waals surface area contributed by atoms with Crippen LogP contribution in [0.5, 0.6) is 0 Å². The van der Waals surface area contributed by atoms with Gasteiger partial charge in [-0.25, -0.2) is 9.36 Å². The van der Waals surface area contributed by atoms with Crippen LogP contribution in [0.1, 0.15) is 284 Å². The predicted octanol–water partition coefficient (Wildman–Crippen LogP) is 15.0. The molecule has 0 aromatic rings. The van der Waals surface area contributed by atoms with Crippen LogP contribution in [0.15, 0.2) is 0 Å². The van der Waals surface area contributed by atoms with Gasteiger partial charge in [-0.1, -0.05) is 258 Å². The number of phosphoric ester groups is 1. The second-order valence-corrected chi connectivity index (χ2v) is 20.2. The molecule has 0 saturated heterocycles. The molecule has 0 fully saturated rings. The Balaban J connectivity index is 3.75. The summed E-state index contributed by atoms with van der Waals surface area (Å²) in [7, 11) is -4.75. The zero-order chi connectivity index (χ0) is 47.0. The summed E-state index contributed by atoms with van der Waals surface area (Å²) in [4.78, 5) is 46.1. The maximum Gasteiger partial charge on any atom is 0.472 e. The molecule has 0 aromatic carbocycles. The molecule has 4 N–H and O–H groups in total. The van der Waals surface area contributed by atoms with Crippen molar-refractivity contribution in [2.75, 3.05) is 19.8 Å². The molecule has 11 nitrogen and oxygen atoms in total. The molecule has 0 spiro atoms. The van der Waals surface area contributed by atoms with Crippen molar-refractivity contribution in [3.63, 3.8) is 0 Å². The number of carbonyl (C=O) groups is 3. The molecule has 64 heavy (non-hydrogen) atoms. The number of ether oxygens (including phenoxy) is 1. The summed E-state index contributed by atoms with van der Waals surface area (Å²) < 4.78 is 27.0. The fourth-order valence-corrected chi connectivity index (χ4v) is 8.97. The van der Waals surface area contributed by atoms with Gasteiger partial charge in [-0.2, -0.15) is 0 Å². The number of carboxylic acid groups (broad SMARTS) is 1. The minimum absolute atomic E-state index is 0.153. The van der Waals surface area contributed by atoms with Crippen molar-refractivity contribution in [1.82, 2.24) is 5.32 Å². The fraction of sp³-hybridized carbons (Fsp3) is 0.942. The number of amides is 1. The lowest BCUT2D eigenvalue weighted by molar-refractivity contribution is -0.147. The zero-order valence-corrected chi connectivity index (χ0v) is 42.5. The fourth-order valence-electron chi connectivity index (χ4n) is 8.20. The van der Waals surface area contributed by atoms with E-state index >= 15 is 0 Å². The quantitative estimate of drug-likeness (QED) is 0.0262. The number of aliphatic hydroxyl groups is 1. The summed E-state index contributed by atoms with van der Waals surface area (Å²) in [5.74, 6) is -2.34. The van der Waals surface area contributed by atoms with E-state index in [1.54, 1.807) is 0 Å². The van der Waals surface area contributed by atoms with Gasteiger partial charge in [0.2, 0.25) is 5.91 Å². The monoisotopic (exact) mass is 932 g/mol. The first-order chi connectivity index (χ1) is 31.1. The molecule has 0 aliphatic heterocycles. The highest BCUT2D eigenvalue weighted by molar-refractivity contribution is 7.47. The number of carboxylic acids is 1. The molecule has 0 bridgehead atoms. The van der Waals surface area contributed by atoms with Crippen LogP contribution in [0.25, 0.3) is 0 Å². The number of unbranched alkanes of at least 4 members (excludes halogenated alkanes) is 38. The van der Waals surface area contributed by atoms with E-state index in [1.807, 2.05) is 0 Å². The van der Waals surface area contributed by atoms with Crippen LogP contribution >= 0.6 is 7.82 Å². The van der Waals surface area contributed by atoms with Gasteiger partial charge in [0.25, 0.3) is 0 Å². The second-order valence-electron chi connectivity index (χ2n) is 18.8. The lowest BCUT2D eigenvalue weighted by atomic mass is 10.0. The minimum atomic E-state index is -4.75. The molecule has 0 rings (SSSR count). The van der Waals surface area contributed by atoms with Crippen molar-refractivity contribution < 1.29 is 47.8 Å². The standard InChI is InChI=1S/C52H102NO10P/c1-3-5-7-9-11-13-15-17-19-21-22-23-24-25-26-27-28-29-31-33-35-37-39-41-43-50(55)53-49(52(57)58)47-63-64(59,60)62-46-48(54)45-61-51(56)44-42-40-38-36-34-32-30-20-18-16-14-12-10-8-6-4-2/h48-49,54H,3-47H2,1-2H3,(H,53,55)(H,57,58)(H,59,60). The topological polar surface area (TPSA) is 169 Å². The molecule has 0 aliphatic rings. The molecule has 0 heterocycles. The molecule has 3 atom stereocenters. The summed E-state index contributed by atoms with van der Waals surface area (Å²) in [6.45, 7) is 2.66. The first-order valence-electron chi connectivity index (χ1n) is 27.1. The molecular formula is C52H102NO10P. The van der Waals surface area contributed by atoms with Crippen molar-refractivity contribution in [3.05, 3.63) is 0 Å². The Kier molecular flexibility index (Phi) is 46.8. The van der Waals surface area contributed by atoms with E-state index in [2.05, 4.69) is 19.2 Å². The van der Waals surface area contributed by atoms with Crippen LogP contribution in [0.2, 0.25) is 0 Å². The SMILES string of the molecule is CCCCCCCCCCCCCCCCCCCCCCCCCCC(=O)NC(COP(=O)(O)OCC(O)COC(=O)CCCCCCCCCCCCCCCCCC)C(=O)O. The van der Waals surface area contributed by atoms with E-state index in [4.69, 9.17) is 13.8 Å². The van der Waals surface area contributed by atoms with E-state index in [0.717, 1.165) is 38.5 Å². The van der Waals surface area contributed by atoms with Gasteiger partial charge < -0.3 is 25.2 Å². The van der Waals surface area contributed by atoms with E-state index < -0.39 is 57.6 Å². The van der Waals surface area contributed by atoms with E-state index in [9.17, 15) is 34.1 Å². The van der Waals surface area contributed by atoms with Gasteiger partial charge in [-0.15, -0.1) is 0 Å². The maximum absolute atomic E-state index is 12.4. The summed E-state index contributed by atoms with van der Waals surface area (Å²) >= 11 is 0. The van der Waals surface area contributed by atoms with Gasteiger partial charge in [0.05, 0.1) is 13.2 Å². The number of rotatable bonds is 52. The van der Waals surface area contributed by atoms with Gasteiger partial charge in [-0.05, 0) is 12.8 Å². The molecule has 1 amide bonds. The van der Waals surface area contributed by atoms with E-state index in [1.165, 1.54) is 205 Å². The van der Waals surface area contributed by atoms with Crippen molar-refractivity contribution in [2.45, 2.75) is 296 Å². The van der Waals surface area contributed by atoms with Crippen molar-refractivity contribution >= 4 is 25.7 Å². The summed E-state index contributed by atoms with van der Waals surface area (Å²) in [6, 6.07) is -1.54. The maximum atomic E-state index is 12.4. The summed E-state index contributed by atoms with van der Waals surface area (Å²) in [5, 5.41) is 21.9. The Labute approximate surface area is 393 Å². The number of nitrogens with one attached hydrogen (secondary N) is 1. The average molecular weight is 932 g/mol. The van der Waals surface area contributed by atoms with Gasteiger partial charge in [0, 0.05) is 12.8 Å². The van der Waals surface area contributed by atoms with E-state index in [-0.39, 0.29) is 12.8 Å². The first-order valence-corrected chi connectivity index (χ1v) is 28.6. The van der Waals surface area contributed by atoms with Crippen LogP contribution in [0, 0.1) is 0 Å². The van der Waals surface area contributed by atoms with Gasteiger partial charge >= 0.3 is 19.8 Å². The Bertz CT molecular complexity index is 1090. The molecule has 0 aromatic heterocycles. The highest BCUT2D eigenvalue weighted by Gasteiger charge is 2.28. The van der Waals surface area contributed by atoms with Crippen LogP contribution < -0.4 is 5.32 Å². The molecule has 3 unspecified atom stereocenters. The Morgan fingerprint density at radius 2 is 0.719 bits per heavy atom. The summed E-state index contributed by atoms with van der Waals surface area (Å²) in [5.41, 5.74) is 0. The predicted molar refractivity (Wildman–Crippen MR) is 264 cm³/mol. The van der Waals surface area contributed by atoms with Crippen LogP contribution in [-0.2, 0) is 32.7 Å². The first kappa shape index (κ1) is 62.5. The number of phosphoric acid groups is 1. The van der Waals surface area contributed by atoms with Crippen LogP contribution in [-0.4, -0.2) is 64.9 Å². The lowest BCUT2D eigenvalue weighted by Gasteiger charge is -2.18. The number of aliphatic hydroxyl groups excluding tert-OH is 1. The molecule has 0 saturated carbocycles. The number of carbonyl (C=O) groups excluding carboxylic acids is 2. The van der Waals surface area contributed by atoms with Crippen molar-refractivity contribution in [2.24, 2.45) is 0 Å². The Morgan fingerprint density at radius 1 is 0.438 bits per heavy atom. The average Bonchev–Trinajstić information content (AvgIpc) is 3.27. The second kappa shape index (κ2) is 48.0. The normalized spacial score (nSPS) is 13.4. The summed E-state index contributed by atoms with van der Waals surface area (Å²) in [6.07, 6.45) is 49.9. The van der Waals surface area contributed by atoms with Crippen molar-refractivity contribution in [1.29, 1.82) is 0 Å². The van der Waals surface area contributed by atoms with Crippen LogP contribution in [0.4, 0.5) is 0 Å². The third-order valence-corrected chi connectivity index (χ3v) is 13.3. The number of aliphatic carboxylic acids is 1. The Hall–Kier alpha value is -1.52. The van der Waals surface area contributed by atoms with E-state index in [0.29, 0.717) is 12.8 Å². The van der Waals surface area contributed by atoms with Gasteiger partial charge in [0.1, 0.15) is 12.7 Å². The highest BCUT2D eigenvalue weighted by atomic mass is 31.2. The molecular weight excluding hydrogens is 830 g/mol. The Morgan fingerprint density at radius 3 is 1.03 bits per heavy atom. The zero-order valence-electron chi connectivity index (χ0n) is 41.6. The minimum Gasteiger partial charge on any atom is -0.480 e. The number of hydrogen-bond donors (Lipinski definition) is 4. The van der Waals surface area contributed by atoms with Crippen molar-refractivity contribution in [3.8, 4) is 0 Å². The van der Waals surface area contributed by atoms with Crippen LogP contribution in [0.3, 0.4) is 0 Å². The molecule has 12 heteroatoms. The molecule has 0 aliphatic carbocycles. The largest absolute Gasteiger partial charge is 0.480 e.